The molecule has 5 amide bonds. The first-order chi connectivity index (χ1) is 19.3. The maximum Gasteiger partial charge on any atom is 0.547 e. The minimum atomic E-state index is -4.21. The summed E-state index contributed by atoms with van der Waals surface area (Å²) < 4.78 is 29.3. The second-order valence-corrected chi connectivity index (χ2v) is 10.8. The summed E-state index contributed by atoms with van der Waals surface area (Å²) in [6.07, 6.45) is -0.0484. The lowest BCUT2D eigenvalue weighted by Gasteiger charge is -2.33. The number of hydrogen-bond acceptors (Lipinski definition) is 9. The summed E-state index contributed by atoms with van der Waals surface area (Å²) in [5.74, 6) is -5.37. The molecule has 0 saturated carbocycles. The number of fused-ring (bicyclic) bond motifs is 1. The Kier molecular flexibility index (Phi) is 8.32. The summed E-state index contributed by atoms with van der Waals surface area (Å²) >= 11 is 0. The van der Waals surface area contributed by atoms with E-state index < -0.39 is 58.8 Å². The SMILES string of the molecule is CCN1CCN(C(=O)NC(C(=O)N[C@H]2Cc3cccc(C(=O)O)c3OB2O)c2cccc(S(N)(=O)=O)c2)C(=O)C1=O. The monoisotopic (exact) mass is 587 g/mol. The molecular formula is C24H26BN5O10S. The Bertz CT molecular complexity index is 1530. The third-order valence-electron chi connectivity index (χ3n) is 6.66. The molecule has 0 aliphatic carbocycles. The number of nitrogens with one attached hydrogen (secondary N) is 2. The molecule has 6 N–H and O–H groups in total. The quantitative estimate of drug-likeness (QED) is 0.188. The smallest absolute Gasteiger partial charge is 0.534 e. The highest BCUT2D eigenvalue weighted by Gasteiger charge is 2.41. The molecule has 216 valence electrons. The molecule has 41 heavy (non-hydrogen) atoms. The molecule has 2 heterocycles. The average molecular weight is 587 g/mol. The summed E-state index contributed by atoms with van der Waals surface area (Å²) in [5, 5.41) is 30.1. The first-order valence-corrected chi connectivity index (χ1v) is 13.9. The Morgan fingerprint density at radius 3 is 2.51 bits per heavy atom. The zero-order valence-electron chi connectivity index (χ0n) is 21.6. The number of carbonyl (C=O) groups excluding carboxylic acids is 4. The van der Waals surface area contributed by atoms with Crippen molar-refractivity contribution < 1.29 is 47.2 Å². The number of sulfonamides is 1. The van der Waals surface area contributed by atoms with Gasteiger partial charge >= 0.3 is 30.9 Å². The molecular weight excluding hydrogens is 561 g/mol. The number of urea groups is 1. The van der Waals surface area contributed by atoms with Gasteiger partial charge in [-0.1, -0.05) is 24.3 Å². The highest BCUT2D eigenvalue weighted by atomic mass is 32.2. The fourth-order valence-electron chi connectivity index (χ4n) is 4.52. The van der Waals surface area contributed by atoms with Crippen molar-refractivity contribution >= 4 is 46.9 Å². The van der Waals surface area contributed by atoms with Crippen molar-refractivity contribution in [2.75, 3.05) is 19.6 Å². The van der Waals surface area contributed by atoms with E-state index in [9.17, 15) is 42.5 Å². The molecule has 2 aromatic rings. The maximum atomic E-state index is 13.5. The number of benzene rings is 2. The predicted molar refractivity (Wildman–Crippen MR) is 141 cm³/mol. The number of piperazine rings is 1. The van der Waals surface area contributed by atoms with Gasteiger partial charge in [-0.25, -0.2) is 23.1 Å². The fraction of sp³-hybridized carbons (Fsp3) is 0.292. The highest BCUT2D eigenvalue weighted by molar-refractivity contribution is 7.89. The number of para-hydroxylation sites is 1. The molecule has 2 atom stereocenters. The molecule has 0 bridgehead atoms. The summed E-state index contributed by atoms with van der Waals surface area (Å²) in [6, 6.07) is 6.49. The van der Waals surface area contributed by atoms with E-state index in [0.717, 1.165) is 6.07 Å². The lowest BCUT2D eigenvalue weighted by Crippen LogP contribution is -2.60. The topological polar surface area (TPSA) is 226 Å². The number of nitrogens with zero attached hydrogens (tertiary/aromatic N) is 2. The van der Waals surface area contributed by atoms with Crippen molar-refractivity contribution in [3.8, 4) is 5.75 Å². The van der Waals surface area contributed by atoms with Crippen LogP contribution in [0.4, 0.5) is 4.79 Å². The van der Waals surface area contributed by atoms with Crippen LogP contribution in [0.25, 0.3) is 0 Å². The second kappa shape index (κ2) is 11.6. The summed E-state index contributed by atoms with van der Waals surface area (Å²) in [5.41, 5.74) is 0.169. The Balaban J connectivity index is 1.62. The molecule has 0 radical (unpaired) electrons. The number of rotatable bonds is 7. The van der Waals surface area contributed by atoms with Gasteiger partial charge in [-0.15, -0.1) is 0 Å². The maximum absolute atomic E-state index is 13.5. The third kappa shape index (κ3) is 6.16. The van der Waals surface area contributed by atoms with Gasteiger partial charge in [0.1, 0.15) is 11.8 Å². The van der Waals surface area contributed by atoms with Crippen LogP contribution in [-0.4, -0.2) is 90.8 Å². The molecule has 1 unspecified atom stereocenters. The standard InChI is InChI=1S/C24H26BN5O10S/c1-2-29-9-10-30(22(33)21(29)32)24(36)28-18(13-5-3-7-15(11-13)41(26,38)39)20(31)27-17-12-14-6-4-8-16(23(34)35)19(14)40-25(17)37/h3-8,11,17-18,37H,2,9-10,12H2,1H3,(H,27,31)(H,28,36)(H,34,35)(H2,26,38,39)/t17-,18?/m0/s1. The van der Waals surface area contributed by atoms with E-state index in [0.29, 0.717) is 10.5 Å². The predicted octanol–water partition coefficient (Wildman–Crippen LogP) is -1.39. The van der Waals surface area contributed by atoms with Crippen molar-refractivity contribution in [1.29, 1.82) is 0 Å². The van der Waals surface area contributed by atoms with E-state index in [1.54, 1.807) is 13.0 Å². The van der Waals surface area contributed by atoms with E-state index in [4.69, 9.17) is 9.79 Å². The Morgan fingerprint density at radius 2 is 1.85 bits per heavy atom. The Morgan fingerprint density at radius 1 is 1.15 bits per heavy atom. The van der Waals surface area contributed by atoms with Gasteiger partial charge < -0.3 is 30.3 Å². The summed E-state index contributed by atoms with van der Waals surface area (Å²) in [4.78, 5) is 64.5. The van der Waals surface area contributed by atoms with Gasteiger partial charge in [0.05, 0.1) is 16.4 Å². The Hall–Kier alpha value is -4.48. The summed E-state index contributed by atoms with van der Waals surface area (Å²) in [6.45, 7) is 1.86. The minimum Gasteiger partial charge on any atom is -0.534 e. The van der Waals surface area contributed by atoms with Crippen molar-refractivity contribution in [1.82, 2.24) is 20.4 Å². The molecule has 15 nitrogen and oxygen atoms in total. The van der Waals surface area contributed by atoms with Gasteiger partial charge in [0, 0.05) is 19.6 Å². The van der Waals surface area contributed by atoms with Crippen molar-refractivity contribution in [3.63, 3.8) is 0 Å². The molecule has 0 spiro atoms. The van der Waals surface area contributed by atoms with E-state index in [-0.39, 0.29) is 47.8 Å². The number of likely N-dealkylation sites (N-methyl/N-ethyl adjacent to an activating group) is 1. The molecule has 1 saturated heterocycles. The number of carbonyl (C=O) groups is 5. The van der Waals surface area contributed by atoms with Crippen LogP contribution in [0.15, 0.2) is 47.4 Å². The molecule has 1 fully saturated rings. The zero-order chi connectivity index (χ0) is 30.1. The molecule has 17 heteroatoms. The fourth-order valence-corrected chi connectivity index (χ4v) is 5.09. The molecule has 4 rings (SSSR count). The number of primary sulfonamides is 1. The van der Waals surface area contributed by atoms with Crippen LogP contribution in [-0.2, 0) is 30.8 Å². The van der Waals surface area contributed by atoms with Crippen LogP contribution < -0.4 is 20.4 Å². The number of hydrogen-bond donors (Lipinski definition) is 5. The lowest BCUT2D eigenvalue weighted by atomic mass is 9.72. The van der Waals surface area contributed by atoms with Crippen LogP contribution in [0.2, 0.25) is 0 Å². The number of aromatic carboxylic acids is 1. The van der Waals surface area contributed by atoms with Gasteiger partial charge in [0.25, 0.3) is 0 Å². The first-order valence-electron chi connectivity index (χ1n) is 12.4. The molecule has 2 aromatic carbocycles. The zero-order valence-corrected chi connectivity index (χ0v) is 22.5. The van der Waals surface area contributed by atoms with Crippen LogP contribution in [0, 0.1) is 0 Å². The van der Waals surface area contributed by atoms with Gasteiger partial charge in [0.2, 0.25) is 15.9 Å². The van der Waals surface area contributed by atoms with Crippen LogP contribution in [0.1, 0.15) is 34.5 Å². The third-order valence-corrected chi connectivity index (χ3v) is 7.57. The van der Waals surface area contributed by atoms with Crippen LogP contribution in [0.5, 0.6) is 5.75 Å². The molecule has 0 aromatic heterocycles. The van der Waals surface area contributed by atoms with Gasteiger partial charge in [-0.3, -0.25) is 19.3 Å². The largest absolute Gasteiger partial charge is 0.547 e. The summed E-state index contributed by atoms with van der Waals surface area (Å²) in [7, 11) is -5.89. The van der Waals surface area contributed by atoms with E-state index in [1.165, 1.54) is 35.2 Å². The van der Waals surface area contributed by atoms with Crippen molar-refractivity contribution in [2.45, 2.75) is 30.2 Å². The average Bonchev–Trinajstić information content (AvgIpc) is 2.92. The first kappa shape index (κ1) is 29.5. The number of carboxylic acid groups (broad SMARTS) is 1. The molecule has 2 aliphatic rings. The number of carboxylic acids is 1. The van der Waals surface area contributed by atoms with E-state index in [2.05, 4.69) is 10.6 Å². The lowest BCUT2D eigenvalue weighted by molar-refractivity contribution is -0.153. The normalized spacial score (nSPS) is 17.8. The minimum absolute atomic E-state index is 0.0341. The van der Waals surface area contributed by atoms with Crippen molar-refractivity contribution in [3.05, 3.63) is 59.2 Å². The van der Waals surface area contributed by atoms with Crippen molar-refractivity contribution in [2.24, 2.45) is 5.14 Å². The Labute approximate surface area is 234 Å². The van der Waals surface area contributed by atoms with Gasteiger partial charge in [-0.2, -0.15) is 0 Å². The number of amides is 5. The number of nitrogens with two attached hydrogens (primary N) is 1. The van der Waals surface area contributed by atoms with Crippen LogP contribution in [0.3, 0.4) is 0 Å². The van der Waals surface area contributed by atoms with Gasteiger partial charge in [-0.05, 0) is 42.7 Å². The molecule has 2 aliphatic heterocycles. The van der Waals surface area contributed by atoms with E-state index >= 15 is 0 Å². The number of imide groups is 1. The van der Waals surface area contributed by atoms with E-state index in [1.807, 2.05) is 0 Å². The van der Waals surface area contributed by atoms with Crippen LogP contribution >= 0.6 is 0 Å². The second-order valence-electron chi connectivity index (χ2n) is 9.27. The van der Waals surface area contributed by atoms with Gasteiger partial charge in [0.15, 0.2) is 0 Å². The highest BCUT2D eigenvalue weighted by Crippen LogP contribution is 2.30.